The molecular formula is C14H18FN3. The van der Waals surface area contributed by atoms with Crippen molar-refractivity contribution in [2.45, 2.75) is 25.9 Å². The third kappa shape index (κ3) is 2.96. The van der Waals surface area contributed by atoms with Gasteiger partial charge in [0.05, 0.1) is 5.69 Å². The first kappa shape index (κ1) is 12.8. The van der Waals surface area contributed by atoms with Gasteiger partial charge in [0, 0.05) is 31.4 Å². The molecule has 0 aliphatic rings. The van der Waals surface area contributed by atoms with E-state index < -0.39 is 0 Å². The maximum absolute atomic E-state index is 13.7. The van der Waals surface area contributed by atoms with Crippen LogP contribution in [0.4, 0.5) is 4.39 Å². The van der Waals surface area contributed by atoms with Crippen molar-refractivity contribution in [1.29, 1.82) is 0 Å². The fraction of sp³-hybridized carbons (Fsp3) is 0.357. The molecule has 96 valence electrons. The first-order valence-corrected chi connectivity index (χ1v) is 6.17. The zero-order valence-electron chi connectivity index (χ0n) is 10.7. The lowest BCUT2D eigenvalue weighted by Crippen LogP contribution is -2.21. The minimum Gasteiger partial charge on any atom is -0.304 e. The van der Waals surface area contributed by atoms with Gasteiger partial charge in [0.25, 0.3) is 0 Å². The molecule has 0 amide bonds. The van der Waals surface area contributed by atoms with Crippen molar-refractivity contribution < 1.29 is 4.39 Å². The summed E-state index contributed by atoms with van der Waals surface area (Å²) in [5.41, 5.74) is 1.68. The van der Waals surface area contributed by atoms with Gasteiger partial charge in [-0.15, -0.1) is 0 Å². The molecule has 0 bridgehead atoms. The monoisotopic (exact) mass is 247 g/mol. The van der Waals surface area contributed by atoms with Gasteiger partial charge >= 0.3 is 0 Å². The lowest BCUT2D eigenvalue weighted by Gasteiger charge is -2.17. The summed E-state index contributed by atoms with van der Waals surface area (Å²) in [4.78, 5) is 0. The zero-order valence-corrected chi connectivity index (χ0v) is 10.7. The summed E-state index contributed by atoms with van der Waals surface area (Å²) in [6.07, 6.45) is 2.74. The van der Waals surface area contributed by atoms with Crippen molar-refractivity contribution in [3.8, 4) is 0 Å². The van der Waals surface area contributed by atoms with E-state index in [-0.39, 0.29) is 11.9 Å². The number of aromatic nitrogens is 2. The van der Waals surface area contributed by atoms with Crippen molar-refractivity contribution in [2.24, 2.45) is 7.05 Å². The second-order valence-corrected chi connectivity index (χ2v) is 4.34. The van der Waals surface area contributed by atoms with Crippen molar-refractivity contribution in [3.05, 3.63) is 53.6 Å². The zero-order chi connectivity index (χ0) is 13.0. The first-order valence-electron chi connectivity index (χ1n) is 6.17. The third-order valence-electron chi connectivity index (χ3n) is 2.99. The molecule has 0 aliphatic carbocycles. The molecule has 1 aromatic heterocycles. The Labute approximate surface area is 107 Å². The Balaban J connectivity index is 2.04. The fourth-order valence-electron chi connectivity index (χ4n) is 2.02. The van der Waals surface area contributed by atoms with Crippen LogP contribution >= 0.6 is 0 Å². The summed E-state index contributed by atoms with van der Waals surface area (Å²) < 4.78 is 15.5. The molecule has 1 heterocycles. The van der Waals surface area contributed by atoms with Crippen LogP contribution < -0.4 is 5.32 Å². The van der Waals surface area contributed by atoms with E-state index in [4.69, 9.17) is 0 Å². The summed E-state index contributed by atoms with van der Waals surface area (Å²) >= 11 is 0. The molecule has 2 rings (SSSR count). The van der Waals surface area contributed by atoms with Gasteiger partial charge in [-0.1, -0.05) is 25.1 Å². The lowest BCUT2D eigenvalue weighted by molar-refractivity contribution is 0.483. The van der Waals surface area contributed by atoms with Crippen molar-refractivity contribution in [1.82, 2.24) is 15.1 Å². The number of hydrogen-bond donors (Lipinski definition) is 1. The van der Waals surface area contributed by atoms with Gasteiger partial charge in [-0.2, -0.15) is 5.10 Å². The second kappa shape index (κ2) is 5.78. The highest BCUT2D eigenvalue weighted by Gasteiger charge is 2.13. The van der Waals surface area contributed by atoms with Crippen LogP contribution in [0.1, 0.15) is 30.6 Å². The van der Waals surface area contributed by atoms with Crippen LogP contribution in [0.25, 0.3) is 0 Å². The molecule has 0 aliphatic heterocycles. The molecule has 1 N–H and O–H groups in total. The first-order chi connectivity index (χ1) is 8.70. The van der Waals surface area contributed by atoms with E-state index in [2.05, 4.69) is 10.4 Å². The van der Waals surface area contributed by atoms with Crippen molar-refractivity contribution in [2.75, 3.05) is 0 Å². The topological polar surface area (TPSA) is 29.9 Å². The Morgan fingerprint density at radius 1 is 1.33 bits per heavy atom. The molecule has 0 fully saturated rings. The number of benzene rings is 1. The molecule has 1 atom stereocenters. The van der Waals surface area contributed by atoms with Crippen LogP contribution in [0.15, 0.2) is 36.5 Å². The number of rotatable bonds is 5. The number of aryl methyl sites for hydroxylation is 1. The summed E-state index contributed by atoms with van der Waals surface area (Å²) in [6, 6.07) is 8.89. The van der Waals surface area contributed by atoms with Crippen LogP contribution in [0, 0.1) is 5.82 Å². The van der Waals surface area contributed by atoms with E-state index in [9.17, 15) is 4.39 Å². The Morgan fingerprint density at radius 3 is 2.72 bits per heavy atom. The van der Waals surface area contributed by atoms with E-state index in [0.717, 1.165) is 17.7 Å². The average molecular weight is 247 g/mol. The van der Waals surface area contributed by atoms with E-state index in [1.807, 2.05) is 38.4 Å². The number of halogens is 1. The largest absolute Gasteiger partial charge is 0.304 e. The molecule has 0 saturated carbocycles. The maximum atomic E-state index is 13.7. The fourth-order valence-corrected chi connectivity index (χ4v) is 2.02. The molecule has 4 heteroatoms. The van der Waals surface area contributed by atoms with Crippen LogP contribution in [-0.4, -0.2) is 9.78 Å². The van der Waals surface area contributed by atoms with Gasteiger partial charge in [-0.3, -0.25) is 4.68 Å². The van der Waals surface area contributed by atoms with Gasteiger partial charge in [0.15, 0.2) is 0 Å². The molecule has 3 nitrogen and oxygen atoms in total. The Kier molecular flexibility index (Phi) is 4.10. The molecule has 1 aromatic carbocycles. The summed E-state index contributed by atoms with van der Waals surface area (Å²) in [5.74, 6) is -0.155. The van der Waals surface area contributed by atoms with Crippen LogP contribution in [0.5, 0.6) is 0 Å². The molecule has 0 spiro atoms. The van der Waals surface area contributed by atoms with Gasteiger partial charge < -0.3 is 5.32 Å². The predicted octanol–water partition coefficient (Wildman–Crippen LogP) is 2.80. The molecule has 2 aromatic rings. The van der Waals surface area contributed by atoms with E-state index in [1.165, 1.54) is 6.07 Å². The summed E-state index contributed by atoms with van der Waals surface area (Å²) in [6.45, 7) is 2.69. The van der Waals surface area contributed by atoms with Gasteiger partial charge in [0.1, 0.15) is 5.82 Å². The highest BCUT2D eigenvalue weighted by Crippen LogP contribution is 2.19. The van der Waals surface area contributed by atoms with Crippen molar-refractivity contribution in [3.63, 3.8) is 0 Å². The SMILES string of the molecule is CCC(NCc1ccn(C)n1)c1ccccc1F. The smallest absolute Gasteiger partial charge is 0.127 e. The Morgan fingerprint density at radius 2 is 2.11 bits per heavy atom. The molecule has 0 saturated heterocycles. The molecular weight excluding hydrogens is 229 g/mol. The normalized spacial score (nSPS) is 12.6. The number of hydrogen-bond acceptors (Lipinski definition) is 2. The minimum atomic E-state index is -0.155. The molecule has 18 heavy (non-hydrogen) atoms. The minimum absolute atomic E-state index is 0.0215. The van der Waals surface area contributed by atoms with E-state index in [0.29, 0.717) is 6.54 Å². The number of nitrogens with zero attached hydrogens (tertiary/aromatic N) is 2. The Hall–Kier alpha value is -1.68. The molecule has 1 unspecified atom stereocenters. The lowest BCUT2D eigenvalue weighted by atomic mass is 10.0. The van der Waals surface area contributed by atoms with Crippen LogP contribution in [0.3, 0.4) is 0 Å². The van der Waals surface area contributed by atoms with Crippen molar-refractivity contribution >= 4 is 0 Å². The Bertz CT molecular complexity index is 507. The van der Waals surface area contributed by atoms with Crippen LogP contribution in [-0.2, 0) is 13.6 Å². The molecule has 0 radical (unpaired) electrons. The quantitative estimate of drug-likeness (QED) is 0.880. The number of nitrogens with one attached hydrogen (secondary N) is 1. The average Bonchev–Trinajstić information content (AvgIpc) is 2.78. The summed E-state index contributed by atoms with van der Waals surface area (Å²) in [7, 11) is 1.89. The van der Waals surface area contributed by atoms with Gasteiger partial charge in [-0.25, -0.2) is 4.39 Å². The predicted molar refractivity (Wildman–Crippen MR) is 69.5 cm³/mol. The highest BCUT2D eigenvalue weighted by molar-refractivity contribution is 5.21. The summed E-state index contributed by atoms with van der Waals surface area (Å²) in [5, 5.41) is 7.63. The van der Waals surface area contributed by atoms with Crippen LogP contribution in [0.2, 0.25) is 0 Å². The third-order valence-corrected chi connectivity index (χ3v) is 2.99. The van der Waals surface area contributed by atoms with E-state index in [1.54, 1.807) is 10.7 Å². The van der Waals surface area contributed by atoms with E-state index >= 15 is 0 Å². The van der Waals surface area contributed by atoms with Gasteiger partial charge in [0.2, 0.25) is 0 Å². The maximum Gasteiger partial charge on any atom is 0.127 e. The highest BCUT2D eigenvalue weighted by atomic mass is 19.1. The standard InChI is InChI=1S/C14H18FN3/c1-3-14(12-6-4-5-7-13(12)15)16-10-11-8-9-18(2)17-11/h4-9,14,16H,3,10H2,1-2H3. The van der Waals surface area contributed by atoms with Gasteiger partial charge in [-0.05, 0) is 18.6 Å². The second-order valence-electron chi connectivity index (χ2n) is 4.34.